The van der Waals surface area contributed by atoms with Crippen molar-refractivity contribution in [2.45, 2.75) is 19.0 Å². The highest BCUT2D eigenvalue weighted by atomic mass is 16.5. The van der Waals surface area contributed by atoms with Gasteiger partial charge in [-0.05, 0) is 48.9 Å². The van der Waals surface area contributed by atoms with E-state index < -0.39 is 23.3 Å². The first-order valence-corrected chi connectivity index (χ1v) is 11.7. The predicted molar refractivity (Wildman–Crippen MR) is 132 cm³/mol. The summed E-state index contributed by atoms with van der Waals surface area (Å²) in [6.07, 6.45) is 0. The molecule has 3 amide bonds. The number of nitrogens with zero attached hydrogens (tertiary/aromatic N) is 2. The summed E-state index contributed by atoms with van der Waals surface area (Å²) in [5.74, 6) is 3.91. The third kappa shape index (κ3) is 4.84. The van der Waals surface area contributed by atoms with Crippen molar-refractivity contribution in [3.05, 3.63) is 70.8 Å². The van der Waals surface area contributed by atoms with E-state index in [0.717, 1.165) is 43.3 Å². The molecule has 3 N–H and O–H groups in total. The topological polar surface area (TPSA) is 111 Å². The van der Waals surface area contributed by atoms with Gasteiger partial charge < -0.3 is 15.0 Å². The van der Waals surface area contributed by atoms with Crippen molar-refractivity contribution < 1.29 is 24.3 Å². The summed E-state index contributed by atoms with van der Waals surface area (Å²) in [6.45, 7) is 6.16. The van der Waals surface area contributed by atoms with E-state index in [0.29, 0.717) is 11.0 Å². The highest BCUT2D eigenvalue weighted by Crippen LogP contribution is 2.38. The molecule has 2 aromatic rings. The maximum atomic E-state index is 13.0. The van der Waals surface area contributed by atoms with Crippen LogP contribution in [0.3, 0.4) is 0 Å². The zero-order valence-electron chi connectivity index (χ0n) is 20.6. The van der Waals surface area contributed by atoms with Gasteiger partial charge >= 0.3 is 0 Å². The normalized spacial score (nSPS) is 17.4. The number of nitrogens with one attached hydrogen (secondary N) is 2. The van der Waals surface area contributed by atoms with Crippen molar-refractivity contribution in [3.63, 3.8) is 0 Å². The van der Waals surface area contributed by atoms with Crippen LogP contribution in [0.5, 0.6) is 0 Å². The first-order valence-electron chi connectivity index (χ1n) is 11.7. The van der Waals surface area contributed by atoms with Gasteiger partial charge in [-0.1, -0.05) is 24.0 Å². The molecule has 0 aliphatic carbocycles. The smallest absolute Gasteiger partial charge is 0.278 e. The summed E-state index contributed by atoms with van der Waals surface area (Å²) < 4.78 is 5.33. The lowest BCUT2D eigenvalue weighted by atomic mass is 9.78. The summed E-state index contributed by atoms with van der Waals surface area (Å²) in [6, 6.07) is 14.8. The molecule has 1 atom stereocenters. The summed E-state index contributed by atoms with van der Waals surface area (Å²) in [4.78, 5) is 40.9. The molecule has 2 aromatic carbocycles. The van der Waals surface area contributed by atoms with Gasteiger partial charge in [-0.15, -0.1) is 0 Å². The summed E-state index contributed by atoms with van der Waals surface area (Å²) in [7, 11) is 2.67. The molecule has 1 unspecified atom stereocenters. The third-order valence-electron chi connectivity index (χ3n) is 6.97. The van der Waals surface area contributed by atoms with Gasteiger partial charge in [0.25, 0.3) is 17.7 Å². The van der Waals surface area contributed by atoms with Crippen molar-refractivity contribution >= 4 is 17.7 Å². The van der Waals surface area contributed by atoms with Gasteiger partial charge in [-0.25, -0.2) is 5.48 Å². The quantitative estimate of drug-likeness (QED) is 0.241. The number of likely N-dealkylation sites (tertiary alicyclic amines) is 1. The third-order valence-corrected chi connectivity index (χ3v) is 6.97. The molecule has 9 nitrogen and oxygen atoms in total. The molecule has 2 aliphatic rings. The molecular weight excluding hydrogens is 460 g/mol. The maximum Gasteiger partial charge on any atom is 0.278 e. The lowest BCUT2D eigenvalue weighted by Crippen LogP contribution is -2.65. The molecule has 0 saturated carbocycles. The molecule has 0 bridgehead atoms. The minimum atomic E-state index is -1.94. The zero-order valence-corrected chi connectivity index (χ0v) is 20.6. The van der Waals surface area contributed by atoms with Crippen LogP contribution in [0.4, 0.5) is 0 Å². The molecule has 36 heavy (non-hydrogen) atoms. The van der Waals surface area contributed by atoms with Gasteiger partial charge in [0.05, 0.1) is 13.2 Å². The minimum Gasteiger partial charge on any atom is -0.380 e. The molecule has 2 fully saturated rings. The number of hydrogen-bond donors (Lipinski definition) is 3. The monoisotopic (exact) mass is 490 g/mol. The molecule has 2 saturated heterocycles. The van der Waals surface area contributed by atoms with E-state index >= 15 is 0 Å². The Morgan fingerprint density at radius 1 is 1.03 bits per heavy atom. The summed E-state index contributed by atoms with van der Waals surface area (Å²) in [5.41, 5.74) is 3.07. The number of ether oxygens (including phenoxy) is 1. The van der Waals surface area contributed by atoms with E-state index in [1.54, 1.807) is 24.3 Å². The Kier molecular flexibility index (Phi) is 7.13. The van der Waals surface area contributed by atoms with Gasteiger partial charge in [0.2, 0.25) is 0 Å². The SMILES string of the molecule is CNC(=O)C(C)(C(=O)NO)N(C)C(=O)c1ccc(C#Cc2ccc(CN3CC4(COC4)C3)cc2)cc1. The first-order chi connectivity index (χ1) is 17.2. The fourth-order valence-corrected chi connectivity index (χ4v) is 4.54. The Balaban J connectivity index is 1.38. The van der Waals surface area contributed by atoms with Crippen LogP contribution in [0.15, 0.2) is 48.5 Å². The summed E-state index contributed by atoms with van der Waals surface area (Å²) >= 11 is 0. The summed E-state index contributed by atoms with van der Waals surface area (Å²) in [5, 5.41) is 11.4. The van der Waals surface area contributed by atoms with E-state index in [4.69, 9.17) is 9.94 Å². The number of amides is 3. The number of likely N-dealkylation sites (N-methyl/N-ethyl adjacent to an activating group) is 2. The van der Waals surface area contributed by atoms with Crippen LogP contribution in [0, 0.1) is 17.3 Å². The second-order valence-corrected chi connectivity index (χ2v) is 9.62. The number of carbonyl (C=O) groups excluding carboxylic acids is 3. The van der Waals surface area contributed by atoms with E-state index in [1.807, 2.05) is 12.1 Å². The minimum absolute atomic E-state index is 0.273. The fraction of sp³-hybridized carbons (Fsp3) is 0.370. The highest BCUT2D eigenvalue weighted by Gasteiger charge is 2.48. The lowest BCUT2D eigenvalue weighted by molar-refractivity contribution is -0.191. The van der Waals surface area contributed by atoms with Gasteiger partial charge in [0.15, 0.2) is 5.54 Å². The van der Waals surface area contributed by atoms with Crippen molar-refractivity contribution in [2.24, 2.45) is 5.41 Å². The predicted octanol–water partition coefficient (Wildman–Crippen LogP) is 1.00. The van der Waals surface area contributed by atoms with Crippen molar-refractivity contribution in [2.75, 3.05) is 40.4 Å². The van der Waals surface area contributed by atoms with Gasteiger partial charge in [-0.3, -0.25) is 24.5 Å². The second-order valence-electron chi connectivity index (χ2n) is 9.62. The zero-order chi connectivity index (χ0) is 25.9. The van der Waals surface area contributed by atoms with Crippen molar-refractivity contribution in [1.29, 1.82) is 0 Å². The largest absolute Gasteiger partial charge is 0.380 e. The number of hydrogen-bond acceptors (Lipinski definition) is 6. The Morgan fingerprint density at radius 2 is 1.58 bits per heavy atom. The van der Waals surface area contributed by atoms with Gasteiger partial charge in [0.1, 0.15) is 0 Å². The maximum absolute atomic E-state index is 13.0. The van der Waals surface area contributed by atoms with Crippen LogP contribution >= 0.6 is 0 Å². The van der Waals surface area contributed by atoms with Crippen LogP contribution in [-0.4, -0.2) is 78.7 Å². The van der Waals surface area contributed by atoms with Crippen LogP contribution in [0.2, 0.25) is 0 Å². The van der Waals surface area contributed by atoms with Crippen molar-refractivity contribution in [1.82, 2.24) is 20.6 Å². The standard InChI is InChI=1S/C27H30N4O5/c1-26(24(33)28-2,25(34)29-35)30(3)23(32)22-12-10-20(11-13-22)5-4-19-6-8-21(9-7-19)14-31-15-27(16-31)17-36-18-27/h6-13,35H,14-18H2,1-3H3,(H,28,33)(H,29,34). The average molecular weight is 491 g/mol. The first kappa shape index (κ1) is 25.4. The number of rotatable bonds is 6. The highest BCUT2D eigenvalue weighted by molar-refractivity contribution is 6.12. The Labute approximate surface area is 210 Å². The molecule has 4 rings (SSSR count). The number of benzene rings is 2. The van der Waals surface area contributed by atoms with E-state index in [1.165, 1.54) is 32.1 Å². The van der Waals surface area contributed by atoms with Crippen LogP contribution < -0.4 is 10.8 Å². The van der Waals surface area contributed by atoms with Crippen LogP contribution in [0.25, 0.3) is 0 Å². The molecule has 0 radical (unpaired) electrons. The Bertz CT molecular complexity index is 1190. The second kappa shape index (κ2) is 10.1. The van der Waals surface area contributed by atoms with Crippen molar-refractivity contribution in [3.8, 4) is 11.8 Å². The van der Waals surface area contributed by atoms with E-state index in [2.05, 4.69) is 34.2 Å². The number of hydroxylamine groups is 1. The fourth-order valence-electron chi connectivity index (χ4n) is 4.54. The molecule has 9 heteroatoms. The van der Waals surface area contributed by atoms with Crippen LogP contribution in [0.1, 0.15) is 34.0 Å². The lowest BCUT2D eigenvalue weighted by Gasteiger charge is -2.55. The number of carbonyl (C=O) groups is 3. The Hall–Kier alpha value is -3.71. The van der Waals surface area contributed by atoms with E-state index in [-0.39, 0.29) is 5.56 Å². The van der Waals surface area contributed by atoms with E-state index in [9.17, 15) is 14.4 Å². The molecule has 1 spiro atoms. The van der Waals surface area contributed by atoms with Gasteiger partial charge in [0, 0.05) is 55.8 Å². The molecule has 0 aromatic heterocycles. The average Bonchev–Trinajstić information content (AvgIpc) is 2.86. The molecular formula is C27H30N4O5. The Morgan fingerprint density at radius 3 is 2.06 bits per heavy atom. The van der Waals surface area contributed by atoms with Gasteiger partial charge in [-0.2, -0.15) is 0 Å². The van der Waals surface area contributed by atoms with Crippen LogP contribution in [-0.2, 0) is 20.9 Å². The molecule has 188 valence electrons. The molecule has 2 heterocycles. The molecule has 2 aliphatic heterocycles.